The number of methoxy groups -OCH3 is 2. The van der Waals surface area contributed by atoms with Gasteiger partial charge in [0.2, 0.25) is 0 Å². The first-order valence-corrected chi connectivity index (χ1v) is 10.8. The first-order valence-electron chi connectivity index (χ1n) is 10.8. The molecule has 2 amide bonds. The molecule has 0 aromatic heterocycles. The number of piperidine rings is 1. The predicted octanol–water partition coefficient (Wildman–Crippen LogP) is 3.01. The van der Waals surface area contributed by atoms with E-state index in [1.807, 2.05) is 42.3 Å². The Labute approximate surface area is 188 Å². The SMILES string of the molecule is COc1cc(OC)cc(N2C(=O)C(c3ccccc3)=C(N(C)C3CCN(C)CC3)C2=O)c1. The van der Waals surface area contributed by atoms with Crippen molar-refractivity contribution in [2.45, 2.75) is 18.9 Å². The zero-order valence-corrected chi connectivity index (χ0v) is 19.0. The van der Waals surface area contributed by atoms with Gasteiger partial charge in [0.15, 0.2) is 0 Å². The van der Waals surface area contributed by atoms with E-state index in [2.05, 4.69) is 11.9 Å². The van der Waals surface area contributed by atoms with E-state index in [9.17, 15) is 9.59 Å². The van der Waals surface area contributed by atoms with Crippen LogP contribution in [-0.2, 0) is 9.59 Å². The van der Waals surface area contributed by atoms with Crippen molar-refractivity contribution in [1.82, 2.24) is 9.80 Å². The maximum atomic E-state index is 13.8. The topological polar surface area (TPSA) is 62.3 Å². The largest absolute Gasteiger partial charge is 0.497 e. The number of anilines is 1. The van der Waals surface area contributed by atoms with Crippen LogP contribution in [0.1, 0.15) is 18.4 Å². The van der Waals surface area contributed by atoms with Crippen molar-refractivity contribution in [2.24, 2.45) is 0 Å². The van der Waals surface area contributed by atoms with Crippen molar-refractivity contribution in [3.05, 3.63) is 59.8 Å². The Morgan fingerprint density at radius 3 is 2.06 bits per heavy atom. The average Bonchev–Trinajstić information content (AvgIpc) is 3.09. The highest BCUT2D eigenvalue weighted by Gasteiger charge is 2.43. The molecule has 168 valence electrons. The summed E-state index contributed by atoms with van der Waals surface area (Å²) in [6.07, 6.45) is 1.88. The van der Waals surface area contributed by atoms with Gasteiger partial charge < -0.3 is 19.3 Å². The summed E-state index contributed by atoms with van der Waals surface area (Å²) in [5.74, 6) is 0.355. The number of carbonyl (C=O) groups excluding carboxylic acids is 2. The van der Waals surface area contributed by atoms with Crippen LogP contribution in [0.2, 0.25) is 0 Å². The van der Waals surface area contributed by atoms with Crippen molar-refractivity contribution in [3.63, 3.8) is 0 Å². The third-order valence-electron chi connectivity index (χ3n) is 6.30. The highest BCUT2D eigenvalue weighted by Crippen LogP contribution is 2.38. The number of imide groups is 1. The number of likely N-dealkylation sites (N-methyl/N-ethyl adjacent to an activating group) is 1. The summed E-state index contributed by atoms with van der Waals surface area (Å²) >= 11 is 0. The van der Waals surface area contributed by atoms with Crippen LogP contribution in [0.25, 0.3) is 5.57 Å². The van der Waals surface area contributed by atoms with E-state index in [0.29, 0.717) is 28.5 Å². The van der Waals surface area contributed by atoms with Crippen molar-refractivity contribution in [3.8, 4) is 11.5 Å². The van der Waals surface area contributed by atoms with Gasteiger partial charge in [-0.2, -0.15) is 0 Å². The molecular formula is C25H29N3O4. The molecule has 0 atom stereocenters. The van der Waals surface area contributed by atoms with Crippen molar-refractivity contribution in [2.75, 3.05) is 46.3 Å². The van der Waals surface area contributed by atoms with E-state index in [-0.39, 0.29) is 17.9 Å². The number of hydrogen-bond donors (Lipinski definition) is 0. The Hall–Kier alpha value is -3.32. The van der Waals surface area contributed by atoms with E-state index in [1.54, 1.807) is 32.4 Å². The zero-order valence-electron chi connectivity index (χ0n) is 19.0. The lowest BCUT2D eigenvalue weighted by molar-refractivity contribution is -0.120. The number of ether oxygens (including phenoxy) is 2. The van der Waals surface area contributed by atoms with Crippen LogP contribution in [0.3, 0.4) is 0 Å². The molecule has 7 heteroatoms. The third-order valence-corrected chi connectivity index (χ3v) is 6.30. The number of likely N-dealkylation sites (tertiary alicyclic amines) is 1. The lowest BCUT2D eigenvalue weighted by Crippen LogP contribution is -2.43. The summed E-state index contributed by atoms with van der Waals surface area (Å²) in [6, 6.07) is 14.7. The second-order valence-electron chi connectivity index (χ2n) is 8.25. The van der Waals surface area contributed by atoms with Crippen molar-refractivity contribution in [1.29, 1.82) is 0 Å². The fourth-order valence-corrected chi connectivity index (χ4v) is 4.43. The fraction of sp³-hybridized carbons (Fsp3) is 0.360. The summed E-state index contributed by atoms with van der Waals surface area (Å²) < 4.78 is 10.7. The minimum absolute atomic E-state index is 0.191. The number of benzene rings is 2. The number of hydrogen-bond acceptors (Lipinski definition) is 6. The van der Waals surface area contributed by atoms with Crippen LogP contribution < -0.4 is 14.4 Å². The average molecular weight is 436 g/mol. The first-order chi connectivity index (χ1) is 15.4. The van der Waals surface area contributed by atoms with Gasteiger partial charge in [0.05, 0.1) is 25.5 Å². The number of rotatable bonds is 6. The highest BCUT2D eigenvalue weighted by atomic mass is 16.5. The summed E-state index contributed by atoms with van der Waals surface area (Å²) in [5, 5.41) is 0. The van der Waals surface area contributed by atoms with E-state index in [4.69, 9.17) is 9.47 Å². The minimum atomic E-state index is -0.341. The molecule has 1 fully saturated rings. The molecule has 0 unspecified atom stereocenters. The molecular weight excluding hydrogens is 406 g/mol. The molecule has 2 aromatic rings. The van der Waals surface area contributed by atoms with Gasteiger partial charge in [-0.15, -0.1) is 0 Å². The molecule has 0 spiro atoms. The molecule has 0 N–H and O–H groups in total. The summed E-state index contributed by atoms with van der Waals surface area (Å²) in [6.45, 7) is 1.92. The van der Waals surface area contributed by atoms with Gasteiger partial charge in [-0.3, -0.25) is 9.59 Å². The number of carbonyl (C=O) groups is 2. The molecule has 2 aliphatic heterocycles. The monoisotopic (exact) mass is 435 g/mol. The highest BCUT2D eigenvalue weighted by molar-refractivity contribution is 6.45. The van der Waals surface area contributed by atoms with Gasteiger partial charge in [0, 0.05) is 31.3 Å². The maximum absolute atomic E-state index is 13.8. The Morgan fingerprint density at radius 1 is 0.906 bits per heavy atom. The van der Waals surface area contributed by atoms with Gasteiger partial charge >= 0.3 is 0 Å². The normalized spacial score (nSPS) is 17.8. The Bertz CT molecular complexity index is 1020. The van der Waals surface area contributed by atoms with Gasteiger partial charge in [0.25, 0.3) is 11.8 Å². The van der Waals surface area contributed by atoms with Crippen molar-refractivity contribution >= 4 is 23.1 Å². The van der Waals surface area contributed by atoms with E-state index >= 15 is 0 Å². The van der Waals surface area contributed by atoms with Crippen LogP contribution in [0.5, 0.6) is 11.5 Å². The van der Waals surface area contributed by atoms with Gasteiger partial charge in [-0.05, 0) is 38.5 Å². The van der Waals surface area contributed by atoms with Gasteiger partial charge in [-0.1, -0.05) is 30.3 Å². The molecule has 2 aromatic carbocycles. The smallest absolute Gasteiger partial charge is 0.282 e. The molecule has 1 saturated heterocycles. The summed E-state index contributed by atoms with van der Waals surface area (Å²) in [5.41, 5.74) is 2.03. The minimum Gasteiger partial charge on any atom is -0.497 e. The molecule has 2 heterocycles. The van der Waals surface area contributed by atoms with Crippen molar-refractivity contribution < 1.29 is 19.1 Å². The second kappa shape index (κ2) is 9.04. The molecule has 0 saturated carbocycles. The lowest BCUT2D eigenvalue weighted by Gasteiger charge is -2.36. The lowest BCUT2D eigenvalue weighted by atomic mass is 10.0. The predicted molar refractivity (Wildman–Crippen MR) is 124 cm³/mol. The van der Waals surface area contributed by atoms with E-state index in [1.165, 1.54) is 4.90 Å². The molecule has 7 nitrogen and oxygen atoms in total. The Morgan fingerprint density at radius 2 is 1.50 bits per heavy atom. The van der Waals surface area contributed by atoms with Crippen LogP contribution in [0.15, 0.2) is 54.2 Å². The van der Waals surface area contributed by atoms with Crippen LogP contribution in [-0.4, -0.2) is 69.1 Å². The first kappa shape index (κ1) is 21.9. The van der Waals surface area contributed by atoms with Crippen LogP contribution >= 0.6 is 0 Å². The molecule has 0 aliphatic carbocycles. The summed E-state index contributed by atoms with van der Waals surface area (Å²) in [4.78, 5) is 33.0. The summed E-state index contributed by atoms with van der Waals surface area (Å²) in [7, 11) is 7.11. The standard InChI is InChI=1S/C25H29N3O4/c1-26-12-10-18(11-13-26)27(2)23-22(17-8-6-5-7-9-17)24(29)28(25(23)30)19-14-20(31-3)16-21(15-19)32-4/h5-9,14-16,18H,10-13H2,1-4H3. The molecule has 32 heavy (non-hydrogen) atoms. The number of amides is 2. The molecule has 2 aliphatic rings. The fourth-order valence-electron chi connectivity index (χ4n) is 4.43. The zero-order chi connectivity index (χ0) is 22.8. The van der Waals surface area contributed by atoms with Gasteiger partial charge in [-0.25, -0.2) is 4.90 Å². The van der Waals surface area contributed by atoms with Crippen LogP contribution in [0.4, 0.5) is 5.69 Å². The Balaban J connectivity index is 1.79. The molecule has 0 radical (unpaired) electrons. The van der Waals surface area contributed by atoms with Gasteiger partial charge in [0.1, 0.15) is 17.2 Å². The second-order valence-corrected chi connectivity index (χ2v) is 8.25. The number of nitrogens with zero attached hydrogens (tertiary/aromatic N) is 3. The van der Waals surface area contributed by atoms with Crippen LogP contribution in [0, 0.1) is 0 Å². The van der Waals surface area contributed by atoms with E-state index in [0.717, 1.165) is 31.5 Å². The quantitative estimate of drug-likeness (QED) is 0.650. The van der Waals surface area contributed by atoms with E-state index < -0.39 is 0 Å². The third kappa shape index (κ3) is 3.96. The molecule has 0 bridgehead atoms. The molecule has 4 rings (SSSR count). The maximum Gasteiger partial charge on any atom is 0.282 e. The Kier molecular flexibility index (Phi) is 6.19.